The van der Waals surface area contributed by atoms with Gasteiger partial charge in [-0.15, -0.1) is 0 Å². The summed E-state index contributed by atoms with van der Waals surface area (Å²) in [5.74, 6) is -0.465. The molecule has 0 fully saturated rings. The third kappa shape index (κ3) is 5.57. The zero-order valence-corrected chi connectivity index (χ0v) is 16.5. The van der Waals surface area contributed by atoms with Gasteiger partial charge in [0.05, 0.1) is 4.90 Å². The number of rotatable bonds is 6. The van der Waals surface area contributed by atoms with E-state index in [1.54, 1.807) is 6.07 Å². The average molecular weight is 441 g/mol. The Labute approximate surface area is 159 Å². The van der Waals surface area contributed by atoms with E-state index in [0.29, 0.717) is 11.4 Å². The van der Waals surface area contributed by atoms with Crippen molar-refractivity contribution in [3.63, 3.8) is 0 Å². The van der Waals surface area contributed by atoms with Crippen LogP contribution in [0.3, 0.4) is 0 Å². The van der Waals surface area contributed by atoms with E-state index in [1.165, 1.54) is 24.3 Å². The molecule has 0 aliphatic rings. The maximum absolute atomic E-state index is 12.0. The number of benzene rings is 2. The molecule has 2 amide bonds. The van der Waals surface area contributed by atoms with Crippen molar-refractivity contribution >= 4 is 43.5 Å². The minimum Gasteiger partial charge on any atom is -0.483 e. The molecule has 2 N–H and O–H groups in total. The molecule has 0 unspecified atom stereocenters. The highest BCUT2D eigenvalue weighted by atomic mass is 79.9. The molecule has 0 spiro atoms. The first-order chi connectivity index (χ1) is 12.2. The number of hydrogen-bond donors (Lipinski definition) is 2. The highest BCUT2D eigenvalue weighted by Crippen LogP contribution is 2.22. The number of sulfonamides is 1. The molecule has 2 rings (SSSR count). The van der Waals surface area contributed by atoms with Gasteiger partial charge in [0.2, 0.25) is 5.91 Å². The van der Waals surface area contributed by atoms with E-state index in [-0.39, 0.29) is 17.4 Å². The second-order valence-electron chi connectivity index (χ2n) is 5.43. The molecule has 0 atom stereocenters. The Balaban J connectivity index is 1.96. The first-order valence-corrected chi connectivity index (χ1v) is 9.77. The normalized spacial score (nSPS) is 10.9. The maximum atomic E-state index is 12.0. The van der Waals surface area contributed by atoms with Crippen LogP contribution >= 0.6 is 15.9 Å². The first-order valence-electron chi connectivity index (χ1n) is 7.49. The fraction of sp³-hybridized carbons (Fsp3) is 0.176. The SMILES string of the molecule is CC(=O)NS(=O)(=O)c1ccc(NC(=O)COc2ccc(Br)cc2C)cc1. The van der Waals surface area contributed by atoms with Gasteiger partial charge in [-0.3, -0.25) is 9.59 Å². The Kier molecular flexibility index (Phi) is 6.38. The van der Waals surface area contributed by atoms with E-state index < -0.39 is 15.9 Å². The lowest BCUT2D eigenvalue weighted by atomic mass is 10.2. The molecule has 26 heavy (non-hydrogen) atoms. The molecular weight excluding hydrogens is 424 g/mol. The van der Waals surface area contributed by atoms with E-state index >= 15 is 0 Å². The number of halogens is 1. The van der Waals surface area contributed by atoms with Gasteiger partial charge in [-0.25, -0.2) is 13.1 Å². The third-order valence-electron chi connectivity index (χ3n) is 3.22. The summed E-state index contributed by atoms with van der Waals surface area (Å²) in [4.78, 5) is 22.8. The van der Waals surface area contributed by atoms with Crippen molar-refractivity contribution in [2.45, 2.75) is 18.7 Å². The summed E-state index contributed by atoms with van der Waals surface area (Å²) in [6.07, 6.45) is 0. The zero-order chi connectivity index (χ0) is 19.3. The number of carbonyl (C=O) groups excluding carboxylic acids is 2. The van der Waals surface area contributed by atoms with Gasteiger partial charge in [-0.2, -0.15) is 0 Å². The molecule has 0 bridgehead atoms. The molecule has 0 radical (unpaired) electrons. The van der Waals surface area contributed by atoms with Gasteiger partial charge in [0.1, 0.15) is 5.75 Å². The van der Waals surface area contributed by atoms with Gasteiger partial charge in [0, 0.05) is 17.1 Å². The van der Waals surface area contributed by atoms with Crippen molar-refractivity contribution in [3.8, 4) is 5.75 Å². The van der Waals surface area contributed by atoms with Crippen LogP contribution in [0.2, 0.25) is 0 Å². The Morgan fingerprint density at radius 3 is 2.35 bits per heavy atom. The van der Waals surface area contributed by atoms with Crippen LogP contribution in [0, 0.1) is 6.92 Å². The third-order valence-corrected chi connectivity index (χ3v) is 5.16. The number of carbonyl (C=O) groups is 2. The Morgan fingerprint density at radius 2 is 1.77 bits per heavy atom. The van der Waals surface area contributed by atoms with Gasteiger partial charge >= 0.3 is 0 Å². The predicted molar refractivity (Wildman–Crippen MR) is 100 cm³/mol. The lowest BCUT2D eigenvalue weighted by Gasteiger charge is -2.10. The van der Waals surface area contributed by atoms with Crippen molar-refractivity contribution in [1.82, 2.24) is 4.72 Å². The first kappa shape index (κ1) is 19.9. The van der Waals surface area contributed by atoms with E-state index in [2.05, 4.69) is 21.2 Å². The number of aryl methyl sites for hydroxylation is 1. The van der Waals surface area contributed by atoms with Crippen LogP contribution in [0.4, 0.5) is 5.69 Å². The fourth-order valence-corrected chi connectivity index (χ4v) is 3.55. The van der Waals surface area contributed by atoms with Crippen molar-refractivity contribution in [1.29, 1.82) is 0 Å². The van der Waals surface area contributed by atoms with Crippen LogP contribution in [0.1, 0.15) is 12.5 Å². The van der Waals surface area contributed by atoms with Crippen LogP contribution in [0.5, 0.6) is 5.75 Å². The summed E-state index contributed by atoms with van der Waals surface area (Å²) < 4.78 is 32.0. The summed E-state index contributed by atoms with van der Waals surface area (Å²) >= 11 is 3.35. The summed E-state index contributed by atoms with van der Waals surface area (Å²) in [7, 11) is -3.90. The number of anilines is 1. The molecule has 0 heterocycles. The molecule has 2 aromatic rings. The van der Waals surface area contributed by atoms with Crippen LogP contribution in [0.15, 0.2) is 51.8 Å². The molecule has 9 heteroatoms. The van der Waals surface area contributed by atoms with Crippen molar-refractivity contribution in [2.75, 3.05) is 11.9 Å². The van der Waals surface area contributed by atoms with Gasteiger partial charge in [-0.1, -0.05) is 15.9 Å². The molecule has 0 saturated heterocycles. The quantitative estimate of drug-likeness (QED) is 0.718. The Morgan fingerprint density at radius 1 is 1.12 bits per heavy atom. The van der Waals surface area contributed by atoms with Gasteiger partial charge in [0.25, 0.3) is 15.9 Å². The second kappa shape index (κ2) is 8.33. The number of ether oxygens (including phenoxy) is 1. The smallest absolute Gasteiger partial charge is 0.264 e. The molecule has 7 nitrogen and oxygen atoms in total. The largest absolute Gasteiger partial charge is 0.483 e. The van der Waals surface area contributed by atoms with Crippen LogP contribution in [-0.4, -0.2) is 26.8 Å². The highest BCUT2D eigenvalue weighted by molar-refractivity contribution is 9.10. The number of hydrogen-bond acceptors (Lipinski definition) is 5. The van der Waals surface area contributed by atoms with Crippen molar-refractivity contribution in [2.24, 2.45) is 0 Å². The van der Waals surface area contributed by atoms with Crippen LogP contribution < -0.4 is 14.8 Å². The lowest BCUT2D eigenvalue weighted by Crippen LogP contribution is -2.28. The van der Waals surface area contributed by atoms with E-state index in [0.717, 1.165) is 17.0 Å². The predicted octanol–water partition coefficient (Wildman–Crippen LogP) is 2.60. The molecule has 0 saturated carbocycles. The second-order valence-corrected chi connectivity index (χ2v) is 8.03. The molecule has 2 aromatic carbocycles. The molecule has 0 aliphatic carbocycles. The summed E-state index contributed by atoms with van der Waals surface area (Å²) in [5, 5.41) is 2.61. The van der Waals surface area contributed by atoms with Crippen molar-refractivity contribution in [3.05, 3.63) is 52.5 Å². The highest BCUT2D eigenvalue weighted by Gasteiger charge is 2.15. The lowest BCUT2D eigenvalue weighted by molar-refractivity contribution is -0.118. The van der Waals surface area contributed by atoms with Gasteiger partial charge in [-0.05, 0) is 55.0 Å². The van der Waals surface area contributed by atoms with Crippen molar-refractivity contribution < 1.29 is 22.7 Å². The van der Waals surface area contributed by atoms with E-state index in [1.807, 2.05) is 23.8 Å². The molecule has 138 valence electrons. The molecule has 0 aromatic heterocycles. The zero-order valence-electron chi connectivity index (χ0n) is 14.1. The van der Waals surface area contributed by atoms with Gasteiger partial charge in [0.15, 0.2) is 6.61 Å². The minimum atomic E-state index is -3.90. The van der Waals surface area contributed by atoms with E-state index in [9.17, 15) is 18.0 Å². The Bertz CT molecular complexity index is 927. The average Bonchev–Trinajstić information content (AvgIpc) is 2.53. The Hall–Kier alpha value is -2.39. The summed E-state index contributed by atoms with van der Waals surface area (Å²) in [6.45, 7) is 2.79. The number of nitrogens with one attached hydrogen (secondary N) is 2. The fourth-order valence-electron chi connectivity index (χ4n) is 2.08. The maximum Gasteiger partial charge on any atom is 0.264 e. The summed E-state index contributed by atoms with van der Waals surface area (Å²) in [6, 6.07) is 10.9. The minimum absolute atomic E-state index is 0.0764. The van der Waals surface area contributed by atoms with Crippen LogP contribution in [-0.2, 0) is 19.6 Å². The molecule has 0 aliphatic heterocycles. The molecular formula is C17H17BrN2O5S. The van der Waals surface area contributed by atoms with E-state index in [4.69, 9.17) is 4.74 Å². The standard InChI is InChI=1S/C17H17BrN2O5S/c1-11-9-13(18)3-8-16(11)25-10-17(22)19-14-4-6-15(7-5-14)26(23,24)20-12(2)21/h3-9H,10H2,1-2H3,(H,19,22)(H,20,21). The van der Waals surface area contributed by atoms with Crippen LogP contribution in [0.25, 0.3) is 0 Å². The number of amides is 2. The topological polar surface area (TPSA) is 102 Å². The summed E-state index contributed by atoms with van der Waals surface area (Å²) in [5.41, 5.74) is 1.30. The monoisotopic (exact) mass is 440 g/mol. The van der Waals surface area contributed by atoms with Gasteiger partial charge < -0.3 is 10.1 Å².